The largest absolute Gasteiger partial charge is 0.292 e. The lowest BCUT2D eigenvalue weighted by Crippen LogP contribution is -1.95. The zero-order valence-corrected chi connectivity index (χ0v) is 10.1. The van der Waals surface area contributed by atoms with E-state index < -0.39 is 0 Å². The van der Waals surface area contributed by atoms with Gasteiger partial charge in [0, 0.05) is 10.8 Å². The van der Waals surface area contributed by atoms with Gasteiger partial charge in [-0.05, 0) is 31.4 Å². The first-order valence-corrected chi connectivity index (χ1v) is 6.40. The molecule has 4 heteroatoms. The third-order valence-corrected chi connectivity index (χ3v) is 3.56. The summed E-state index contributed by atoms with van der Waals surface area (Å²) < 4.78 is 0. The van der Waals surface area contributed by atoms with Gasteiger partial charge in [-0.3, -0.25) is 4.79 Å². The van der Waals surface area contributed by atoms with Crippen LogP contribution in [-0.4, -0.2) is 17.5 Å². The van der Waals surface area contributed by atoms with Crippen LogP contribution in [0.4, 0.5) is 0 Å². The third kappa shape index (κ3) is 3.60. The first-order chi connectivity index (χ1) is 6.77. The van der Waals surface area contributed by atoms with Crippen molar-refractivity contribution in [2.24, 2.45) is 0 Å². The molecule has 0 N–H and O–H groups in total. The predicted molar refractivity (Wildman–Crippen MR) is 63.0 cm³/mol. The highest BCUT2D eigenvalue weighted by atomic mass is 35.5. The number of Topliss-reactive ketones (excluding diaryl/α,β-unsaturated/α-hetero) is 1. The molecule has 0 radical (unpaired) electrons. The molecule has 0 amide bonds. The lowest BCUT2D eigenvalue weighted by Gasteiger charge is -1.94. The van der Waals surface area contributed by atoms with Crippen molar-refractivity contribution < 1.29 is 4.79 Å². The highest BCUT2D eigenvalue weighted by Gasteiger charge is 2.07. The average Bonchev–Trinajstić information content (AvgIpc) is 2.66. The van der Waals surface area contributed by atoms with Gasteiger partial charge in [-0.25, -0.2) is 0 Å². The number of hydrogen-bond acceptors (Lipinski definition) is 2. The minimum absolute atomic E-state index is 0.0141. The van der Waals surface area contributed by atoms with Crippen LogP contribution in [0, 0.1) is 0 Å². The van der Waals surface area contributed by atoms with Gasteiger partial charge in [0.15, 0.2) is 5.78 Å². The molecule has 1 rings (SSSR count). The smallest absolute Gasteiger partial charge is 0.187 e. The average molecular weight is 251 g/mol. The monoisotopic (exact) mass is 250 g/mol. The Kier molecular flexibility index (Phi) is 5.53. The minimum atomic E-state index is 0.0141. The van der Waals surface area contributed by atoms with E-state index in [0.29, 0.717) is 5.88 Å². The maximum absolute atomic E-state index is 11.2. The van der Waals surface area contributed by atoms with Crippen molar-refractivity contribution in [3.63, 3.8) is 0 Å². The fourth-order valence-corrected chi connectivity index (χ4v) is 2.52. The van der Waals surface area contributed by atoms with Gasteiger partial charge >= 0.3 is 0 Å². The van der Waals surface area contributed by atoms with E-state index in [9.17, 15) is 4.79 Å². The second-order valence-electron chi connectivity index (χ2n) is 2.97. The van der Waals surface area contributed by atoms with Crippen molar-refractivity contribution >= 4 is 40.3 Å². The Balaban J connectivity index is 2.46. The Morgan fingerprint density at radius 1 is 1.29 bits per heavy atom. The maximum Gasteiger partial charge on any atom is 0.187 e. The Morgan fingerprint density at radius 2 is 2.07 bits per heavy atom. The molecule has 0 fully saturated rings. The number of carbonyl (C=O) groups is 1. The summed E-state index contributed by atoms with van der Waals surface area (Å²) in [5, 5.41) is 0. The summed E-state index contributed by atoms with van der Waals surface area (Å²) in [7, 11) is 0. The summed E-state index contributed by atoms with van der Waals surface area (Å²) in [6.45, 7) is 0. The van der Waals surface area contributed by atoms with Crippen LogP contribution in [0.25, 0.3) is 0 Å². The van der Waals surface area contributed by atoms with E-state index in [4.69, 9.17) is 23.2 Å². The Hall–Kier alpha value is -0.0500. The highest BCUT2D eigenvalue weighted by molar-refractivity contribution is 7.14. The molecule has 0 spiro atoms. The van der Waals surface area contributed by atoms with Crippen molar-refractivity contribution in [2.45, 2.75) is 19.3 Å². The predicted octanol–water partition coefficient (Wildman–Crippen LogP) is 3.73. The molecule has 1 heterocycles. The summed E-state index contributed by atoms with van der Waals surface area (Å²) in [5.74, 6) is 0.792. The van der Waals surface area contributed by atoms with Crippen LogP contribution in [0.3, 0.4) is 0 Å². The van der Waals surface area contributed by atoms with Gasteiger partial charge in [0.1, 0.15) is 0 Å². The molecule has 1 aromatic rings. The van der Waals surface area contributed by atoms with Gasteiger partial charge in [0.2, 0.25) is 0 Å². The molecule has 0 bridgehead atoms. The molecule has 0 aliphatic rings. The number of aryl methyl sites for hydroxylation is 1. The third-order valence-electron chi connectivity index (χ3n) is 1.86. The fraction of sp³-hybridized carbons (Fsp3) is 0.500. The molecule has 1 aromatic heterocycles. The lowest BCUT2D eigenvalue weighted by atomic mass is 10.2. The lowest BCUT2D eigenvalue weighted by molar-refractivity contribution is 0.102. The van der Waals surface area contributed by atoms with Crippen molar-refractivity contribution in [1.82, 2.24) is 0 Å². The van der Waals surface area contributed by atoms with Gasteiger partial charge in [-0.2, -0.15) is 0 Å². The quantitative estimate of drug-likeness (QED) is 0.427. The molecule has 0 aliphatic heterocycles. The topological polar surface area (TPSA) is 17.1 Å². The Morgan fingerprint density at radius 3 is 2.71 bits per heavy atom. The van der Waals surface area contributed by atoms with Crippen LogP contribution < -0.4 is 0 Å². The molecule has 0 saturated carbocycles. The SMILES string of the molecule is O=C(CCl)c1ccc(CCCCCl)s1. The van der Waals surface area contributed by atoms with Crippen molar-refractivity contribution in [3.05, 3.63) is 21.9 Å². The van der Waals surface area contributed by atoms with E-state index in [1.54, 1.807) is 0 Å². The van der Waals surface area contributed by atoms with E-state index in [1.807, 2.05) is 12.1 Å². The van der Waals surface area contributed by atoms with E-state index in [-0.39, 0.29) is 11.7 Å². The molecule has 0 aromatic carbocycles. The Labute approximate surface area is 98.0 Å². The summed E-state index contributed by atoms with van der Waals surface area (Å²) in [4.78, 5) is 13.2. The molecule has 1 nitrogen and oxygen atoms in total. The van der Waals surface area contributed by atoms with E-state index in [1.165, 1.54) is 16.2 Å². The van der Waals surface area contributed by atoms with Crippen LogP contribution in [0.2, 0.25) is 0 Å². The van der Waals surface area contributed by atoms with Crippen molar-refractivity contribution in [3.8, 4) is 0 Å². The number of halogens is 2. The molecule has 0 unspecified atom stereocenters. The van der Waals surface area contributed by atoms with Crippen LogP contribution in [0.15, 0.2) is 12.1 Å². The summed E-state index contributed by atoms with van der Waals surface area (Å²) in [6.07, 6.45) is 3.11. The molecule has 0 atom stereocenters. The molecule has 78 valence electrons. The van der Waals surface area contributed by atoms with Crippen molar-refractivity contribution in [2.75, 3.05) is 11.8 Å². The standard InChI is InChI=1S/C10H12Cl2OS/c11-6-2-1-3-8-4-5-10(14-8)9(13)7-12/h4-5H,1-3,6-7H2. The first-order valence-electron chi connectivity index (χ1n) is 4.51. The summed E-state index contributed by atoms with van der Waals surface area (Å²) in [5.41, 5.74) is 0. The number of unbranched alkanes of at least 4 members (excludes halogenated alkanes) is 1. The van der Waals surface area contributed by atoms with Crippen LogP contribution in [0.5, 0.6) is 0 Å². The molecular weight excluding hydrogens is 239 g/mol. The summed E-state index contributed by atoms with van der Waals surface area (Å²) in [6, 6.07) is 3.85. The second kappa shape index (κ2) is 6.44. The number of carbonyl (C=O) groups excluding carboxylic acids is 1. The van der Waals surface area contributed by atoms with Gasteiger partial charge in [0.25, 0.3) is 0 Å². The van der Waals surface area contributed by atoms with Gasteiger partial charge in [0.05, 0.1) is 10.8 Å². The van der Waals surface area contributed by atoms with Crippen LogP contribution in [-0.2, 0) is 6.42 Å². The second-order valence-corrected chi connectivity index (χ2v) is 4.78. The van der Waals surface area contributed by atoms with E-state index in [2.05, 4.69) is 0 Å². The van der Waals surface area contributed by atoms with Gasteiger partial charge in [-0.1, -0.05) is 0 Å². The molecule has 0 saturated heterocycles. The highest BCUT2D eigenvalue weighted by Crippen LogP contribution is 2.19. The van der Waals surface area contributed by atoms with Crippen LogP contribution in [0.1, 0.15) is 27.4 Å². The zero-order valence-electron chi connectivity index (χ0n) is 7.76. The maximum atomic E-state index is 11.2. The van der Waals surface area contributed by atoms with E-state index >= 15 is 0 Å². The summed E-state index contributed by atoms with van der Waals surface area (Å²) >= 11 is 12.6. The number of ketones is 1. The Bertz CT molecular complexity index is 296. The normalized spacial score (nSPS) is 10.4. The van der Waals surface area contributed by atoms with E-state index in [0.717, 1.165) is 24.1 Å². The van der Waals surface area contributed by atoms with Gasteiger partial charge < -0.3 is 0 Å². The fourth-order valence-electron chi connectivity index (χ4n) is 1.12. The molecule has 0 aliphatic carbocycles. The van der Waals surface area contributed by atoms with Crippen molar-refractivity contribution in [1.29, 1.82) is 0 Å². The number of thiophene rings is 1. The number of rotatable bonds is 6. The minimum Gasteiger partial charge on any atom is -0.292 e. The van der Waals surface area contributed by atoms with Crippen LogP contribution >= 0.6 is 34.5 Å². The number of alkyl halides is 2. The zero-order chi connectivity index (χ0) is 10.4. The first kappa shape index (κ1) is 12.0. The van der Waals surface area contributed by atoms with Gasteiger partial charge in [-0.15, -0.1) is 34.5 Å². The molecular formula is C10H12Cl2OS. The number of hydrogen-bond donors (Lipinski definition) is 0. The molecule has 14 heavy (non-hydrogen) atoms.